The maximum atomic E-state index is 13.3. The average Bonchev–Trinajstić information content (AvgIpc) is 2.22. The van der Waals surface area contributed by atoms with E-state index in [0.29, 0.717) is 5.69 Å². The molecule has 1 unspecified atom stereocenters. The van der Waals surface area contributed by atoms with E-state index in [1.54, 1.807) is 7.05 Å². The summed E-state index contributed by atoms with van der Waals surface area (Å²) >= 11 is 0. The lowest BCUT2D eigenvalue weighted by Crippen LogP contribution is -2.29. The molecular weight excluding hydrogens is 210 g/mol. The fraction of sp³-hybridized carbons (Fsp3) is 0.500. The van der Waals surface area contributed by atoms with Crippen molar-refractivity contribution in [1.29, 1.82) is 0 Å². The first-order valence-corrected chi connectivity index (χ1v) is 5.44. The summed E-state index contributed by atoms with van der Waals surface area (Å²) in [6, 6.07) is 2.27. The second kappa shape index (κ2) is 5.14. The molecule has 0 aromatic heterocycles. The molecule has 4 heteroatoms. The van der Waals surface area contributed by atoms with Gasteiger partial charge in [-0.05, 0) is 19.4 Å². The van der Waals surface area contributed by atoms with Gasteiger partial charge in [0, 0.05) is 19.2 Å². The number of anilines is 2. The van der Waals surface area contributed by atoms with Crippen molar-refractivity contribution in [3.05, 3.63) is 23.8 Å². The van der Waals surface area contributed by atoms with Crippen molar-refractivity contribution in [1.82, 2.24) is 0 Å². The highest BCUT2D eigenvalue weighted by Gasteiger charge is 2.15. The summed E-state index contributed by atoms with van der Waals surface area (Å²) in [5, 5.41) is 0. The van der Waals surface area contributed by atoms with Gasteiger partial charge in [-0.2, -0.15) is 0 Å². The lowest BCUT2D eigenvalue weighted by Gasteiger charge is -2.28. The molecular formula is C12H18F2N2. The first kappa shape index (κ1) is 12.7. The Kier molecular flexibility index (Phi) is 4.10. The third kappa shape index (κ3) is 2.62. The lowest BCUT2D eigenvalue weighted by atomic mass is 10.1. The van der Waals surface area contributed by atoms with E-state index in [1.807, 2.05) is 11.8 Å². The molecule has 1 aromatic carbocycles. The van der Waals surface area contributed by atoms with E-state index >= 15 is 0 Å². The predicted octanol–water partition coefficient (Wildman–Crippen LogP) is 3.17. The van der Waals surface area contributed by atoms with Crippen molar-refractivity contribution >= 4 is 11.4 Å². The van der Waals surface area contributed by atoms with Crippen molar-refractivity contribution in [2.45, 2.75) is 32.7 Å². The van der Waals surface area contributed by atoms with Gasteiger partial charge in [0.2, 0.25) is 0 Å². The number of hydrogen-bond donors (Lipinski definition) is 1. The summed E-state index contributed by atoms with van der Waals surface area (Å²) in [4.78, 5) is 1.81. The fourth-order valence-electron chi connectivity index (χ4n) is 1.71. The monoisotopic (exact) mass is 228 g/mol. The van der Waals surface area contributed by atoms with Crippen LogP contribution in [0, 0.1) is 11.6 Å². The Morgan fingerprint density at radius 3 is 2.56 bits per heavy atom. The molecule has 16 heavy (non-hydrogen) atoms. The minimum atomic E-state index is -0.703. The largest absolute Gasteiger partial charge is 0.395 e. The van der Waals surface area contributed by atoms with Crippen LogP contribution in [0.2, 0.25) is 0 Å². The minimum absolute atomic E-state index is 0.00635. The molecule has 0 bridgehead atoms. The average molecular weight is 228 g/mol. The molecule has 0 saturated carbocycles. The Labute approximate surface area is 95.1 Å². The Morgan fingerprint density at radius 2 is 2.00 bits per heavy atom. The van der Waals surface area contributed by atoms with E-state index in [0.717, 1.165) is 18.9 Å². The van der Waals surface area contributed by atoms with E-state index in [1.165, 1.54) is 6.07 Å². The van der Waals surface area contributed by atoms with Crippen LogP contribution in [-0.4, -0.2) is 13.1 Å². The van der Waals surface area contributed by atoms with E-state index in [-0.39, 0.29) is 11.7 Å². The van der Waals surface area contributed by atoms with Crippen molar-refractivity contribution < 1.29 is 8.78 Å². The Bertz CT molecular complexity index is 366. The van der Waals surface area contributed by atoms with Gasteiger partial charge >= 0.3 is 0 Å². The molecule has 1 rings (SSSR count). The van der Waals surface area contributed by atoms with Gasteiger partial charge in [0.05, 0.1) is 11.4 Å². The zero-order chi connectivity index (χ0) is 12.3. The molecule has 0 aliphatic carbocycles. The highest BCUT2D eigenvalue weighted by Crippen LogP contribution is 2.28. The predicted molar refractivity (Wildman–Crippen MR) is 63.5 cm³/mol. The summed E-state index contributed by atoms with van der Waals surface area (Å²) in [5.74, 6) is -1.30. The zero-order valence-electron chi connectivity index (χ0n) is 9.93. The summed E-state index contributed by atoms with van der Waals surface area (Å²) in [6.07, 6.45) is 1.97. The minimum Gasteiger partial charge on any atom is -0.395 e. The number of rotatable bonds is 4. The van der Waals surface area contributed by atoms with Crippen LogP contribution >= 0.6 is 0 Å². The van der Waals surface area contributed by atoms with Gasteiger partial charge in [-0.25, -0.2) is 8.78 Å². The van der Waals surface area contributed by atoms with Crippen LogP contribution in [0.25, 0.3) is 0 Å². The third-order valence-electron chi connectivity index (χ3n) is 2.82. The van der Waals surface area contributed by atoms with Gasteiger partial charge in [0.25, 0.3) is 0 Å². The molecule has 1 aromatic rings. The lowest BCUT2D eigenvalue weighted by molar-refractivity contribution is 0.578. The number of nitrogens with two attached hydrogens (primary N) is 1. The molecule has 0 radical (unpaired) electrons. The van der Waals surface area contributed by atoms with Gasteiger partial charge in [0.1, 0.15) is 5.82 Å². The summed E-state index contributed by atoms with van der Waals surface area (Å²) < 4.78 is 26.4. The summed E-state index contributed by atoms with van der Waals surface area (Å²) in [6.45, 7) is 4.08. The van der Waals surface area contributed by atoms with E-state index < -0.39 is 11.6 Å². The molecule has 2 N–H and O–H groups in total. The Balaban J connectivity index is 3.03. The second-order valence-corrected chi connectivity index (χ2v) is 4.07. The Hall–Kier alpha value is -1.32. The molecule has 0 fully saturated rings. The van der Waals surface area contributed by atoms with Crippen LogP contribution < -0.4 is 10.6 Å². The van der Waals surface area contributed by atoms with Crippen LogP contribution in [0.5, 0.6) is 0 Å². The van der Waals surface area contributed by atoms with E-state index in [2.05, 4.69) is 6.92 Å². The van der Waals surface area contributed by atoms with Crippen molar-refractivity contribution in [2.24, 2.45) is 0 Å². The Morgan fingerprint density at radius 1 is 1.38 bits per heavy atom. The van der Waals surface area contributed by atoms with Crippen LogP contribution in [-0.2, 0) is 0 Å². The molecule has 0 amide bonds. The van der Waals surface area contributed by atoms with Gasteiger partial charge in [-0.3, -0.25) is 0 Å². The maximum Gasteiger partial charge on any atom is 0.151 e. The second-order valence-electron chi connectivity index (χ2n) is 4.07. The van der Waals surface area contributed by atoms with Crippen molar-refractivity contribution in [3.8, 4) is 0 Å². The first-order valence-electron chi connectivity index (χ1n) is 5.44. The third-order valence-corrected chi connectivity index (χ3v) is 2.82. The zero-order valence-corrected chi connectivity index (χ0v) is 9.93. The number of nitrogens with zero attached hydrogens (tertiary/aromatic N) is 1. The van der Waals surface area contributed by atoms with Crippen LogP contribution in [0.3, 0.4) is 0 Å². The highest BCUT2D eigenvalue weighted by atomic mass is 19.1. The van der Waals surface area contributed by atoms with Crippen molar-refractivity contribution in [2.75, 3.05) is 17.7 Å². The van der Waals surface area contributed by atoms with E-state index in [4.69, 9.17) is 5.73 Å². The normalized spacial score (nSPS) is 12.6. The SMILES string of the molecule is CCCC(C)N(C)c1cc(F)cc(F)c1N. The number of benzene rings is 1. The molecule has 90 valence electrons. The maximum absolute atomic E-state index is 13.3. The molecule has 0 aliphatic heterocycles. The number of halogens is 2. The molecule has 0 saturated heterocycles. The fourth-order valence-corrected chi connectivity index (χ4v) is 1.71. The smallest absolute Gasteiger partial charge is 0.151 e. The standard InChI is InChI=1S/C12H18F2N2/c1-4-5-8(2)16(3)11-7-9(13)6-10(14)12(11)15/h6-8H,4-5,15H2,1-3H3. The summed E-state index contributed by atoms with van der Waals surface area (Å²) in [5.41, 5.74) is 6.02. The topological polar surface area (TPSA) is 29.3 Å². The van der Waals surface area contributed by atoms with Gasteiger partial charge in [0.15, 0.2) is 5.82 Å². The quantitative estimate of drug-likeness (QED) is 0.802. The molecule has 2 nitrogen and oxygen atoms in total. The van der Waals surface area contributed by atoms with Gasteiger partial charge in [-0.15, -0.1) is 0 Å². The molecule has 0 aliphatic rings. The molecule has 1 atom stereocenters. The summed E-state index contributed by atoms with van der Waals surface area (Å²) in [7, 11) is 1.80. The van der Waals surface area contributed by atoms with Crippen LogP contribution in [0.4, 0.5) is 20.2 Å². The highest BCUT2D eigenvalue weighted by molar-refractivity contribution is 5.68. The number of nitrogen functional groups attached to an aromatic ring is 1. The molecule has 0 heterocycles. The molecule has 0 spiro atoms. The van der Waals surface area contributed by atoms with Crippen LogP contribution in [0.1, 0.15) is 26.7 Å². The van der Waals surface area contributed by atoms with Gasteiger partial charge < -0.3 is 10.6 Å². The first-order chi connectivity index (χ1) is 7.47. The van der Waals surface area contributed by atoms with E-state index in [9.17, 15) is 8.78 Å². The van der Waals surface area contributed by atoms with Crippen molar-refractivity contribution in [3.63, 3.8) is 0 Å². The van der Waals surface area contributed by atoms with Crippen LogP contribution in [0.15, 0.2) is 12.1 Å². The van der Waals surface area contributed by atoms with Gasteiger partial charge in [-0.1, -0.05) is 13.3 Å². The number of hydrogen-bond acceptors (Lipinski definition) is 2.